The minimum atomic E-state index is -0.390. The lowest BCUT2D eigenvalue weighted by molar-refractivity contribution is -0.119. The second-order valence-corrected chi connectivity index (χ2v) is 3.73. The average Bonchev–Trinajstić information content (AvgIpc) is 2.61. The molecular formula is C12H12FNO2. The zero-order valence-corrected chi connectivity index (χ0v) is 9.08. The molecule has 3 nitrogen and oxygen atoms in total. The van der Waals surface area contributed by atoms with E-state index in [1.165, 1.54) is 13.0 Å². The third-order valence-corrected chi connectivity index (χ3v) is 2.36. The Balaban J connectivity index is 2.39. The van der Waals surface area contributed by atoms with Gasteiger partial charge < -0.3 is 9.73 Å². The number of halogens is 1. The van der Waals surface area contributed by atoms with E-state index in [1.54, 1.807) is 25.1 Å². The van der Waals surface area contributed by atoms with Crippen LogP contribution in [0, 0.1) is 5.82 Å². The van der Waals surface area contributed by atoms with E-state index < -0.39 is 5.82 Å². The normalized spacial score (nSPS) is 12.7. The van der Waals surface area contributed by atoms with Gasteiger partial charge in [-0.25, -0.2) is 4.39 Å². The van der Waals surface area contributed by atoms with Gasteiger partial charge in [0.05, 0.1) is 6.04 Å². The van der Waals surface area contributed by atoms with Crippen LogP contribution in [0.3, 0.4) is 0 Å². The molecular weight excluding hydrogens is 209 g/mol. The molecule has 16 heavy (non-hydrogen) atoms. The van der Waals surface area contributed by atoms with E-state index in [4.69, 9.17) is 4.42 Å². The SMILES string of the molecule is CC(=O)N[C@H](C)c1cc2cccc(F)c2o1. The number of benzene rings is 1. The van der Waals surface area contributed by atoms with Gasteiger partial charge in [-0.3, -0.25) is 4.79 Å². The molecule has 0 saturated heterocycles. The molecule has 0 unspecified atom stereocenters. The summed E-state index contributed by atoms with van der Waals surface area (Å²) >= 11 is 0. The topological polar surface area (TPSA) is 42.2 Å². The molecule has 1 atom stereocenters. The molecule has 0 bridgehead atoms. The van der Waals surface area contributed by atoms with Crippen molar-refractivity contribution < 1.29 is 13.6 Å². The van der Waals surface area contributed by atoms with Crippen LogP contribution in [-0.2, 0) is 4.79 Å². The lowest BCUT2D eigenvalue weighted by Crippen LogP contribution is -2.23. The van der Waals surface area contributed by atoms with Gasteiger partial charge in [-0.15, -0.1) is 0 Å². The van der Waals surface area contributed by atoms with Crippen molar-refractivity contribution in [3.8, 4) is 0 Å². The number of amides is 1. The maximum absolute atomic E-state index is 13.3. The van der Waals surface area contributed by atoms with Crippen LogP contribution in [0.2, 0.25) is 0 Å². The van der Waals surface area contributed by atoms with Gasteiger partial charge in [0.25, 0.3) is 0 Å². The third-order valence-electron chi connectivity index (χ3n) is 2.36. The van der Waals surface area contributed by atoms with Gasteiger partial charge in [-0.2, -0.15) is 0 Å². The Morgan fingerprint density at radius 1 is 1.50 bits per heavy atom. The number of nitrogens with one attached hydrogen (secondary N) is 1. The summed E-state index contributed by atoms with van der Waals surface area (Å²) in [7, 11) is 0. The number of hydrogen-bond donors (Lipinski definition) is 1. The van der Waals surface area contributed by atoms with E-state index in [1.807, 2.05) is 0 Å². The lowest BCUT2D eigenvalue weighted by atomic mass is 10.2. The first-order valence-corrected chi connectivity index (χ1v) is 5.03. The van der Waals surface area contributed by atoms with Crippen molar-refractivity contribution in [2.75, 3.05) is 0 Å². The van der Waals surface area contributed by atoms with Crippen molar-refractivity contribution in [1.82, 2.24) is 5.32 Å². The molecule has 4 heteroatoms. The van der Waals surface area contributed by atoms with Gasteiger partial charge in [0, 0.05) is 12.3 Å². The van der Waals surface area contributed by atoms with Crippen molar-refractivity contribution in [3.63, 3.8) is 0 Å². The molecule has 1 aromatic heterocycles. The molecule has 0 aliphatic carbocycles. The molecule has 2 aromatic rings. The lowest BCUT2D eigenvalue weighted by Gasteiger charge is -2.08. The quantitative estimate of drug-likeness (QED) is 0.847. The number of carbonyl (C=O) groups excluding carboxylic acids is 1. The van der Waals surface area contributed by atoms with Crippen LogP contribution in [0.5, 0.6) is 0 Å². The van der Waals surface area contributed by atoms with E-state index in [0.29, 0.717) is 11.1 Å². The summed E-state index contributed by atoms with van der Waals surface area (Å²) in [4.78, 5) is 10.9. The van der Waals surface area contributed by atoms with Crippen molar-refractivity contribution in [2.45, 2.75) is 19.9 Å². The minimum absolute atomic E-state index is 0.145. The first-order chi connectivity index (χ1) is 7.58. The molecule has 0 aliphatic rings. The average molecular weight is 221 g/mol. The van der Waals surface area contributed by atoms with Crippen LogP contribution in [0.1, 0.15) is 25.6 Å². The molecule has 0 fully saturated rings. The molecule has 1 amide bonds. The van der Waals surface area contributed by atoms with E-state index >= 15 is 0 Å². The summed E-state index contributed by atoms with van der Waals surface area (Å²) in [5.74, 6) is 0.0162. The molecule has 84 valence electrons. The van der Waals surface area contributed by atoms with Crippen LogP contribution >= 0.6 is 0 Å². The molecule has 0 aliphatic heterocycles. The Bertz CT molecular complexity index is 533. The molecule has 1 heterocycles. The maximum Gasteiger partial charge on any atom is 0.217 e. The van der Waals surface area contributed by atoms with Gasteiger partial charge >= 0.3 is 0 Å². The maximum atomic E-state index is 13.3. The summed E-state index contributed by atoms with van der Waals surface area (Å²) in [5.41, 5.74) is 0.231. The number of furan rings is 1. The molecule has 0 saturated carbocycles. The van der Waals surface area contributed by atoms with Gasteiger partial charge in [0.2, 0.25) is 5.91 Å². The van der Waals surface area contributed by atoms with E-state index in [2.05, 4.69) is 5.32 Å². The first kappa shape index (κ1) is 10.7. The fraction of sp³-hybridized carbons (Fsp3) is 0.250. The molecule has 2 rings (SSSR count). The van der Waals surface area contributed by atoms with Gasteiger partial charge in [0.15, 0.2) is 11.4 Å². The van der Waals surface area contributed by atoms with Crippen molar-refractivity contribution in [2.24, 2.45) is 0 Å². The van der Waals surface area contributed by atoms with Crippen LogP contribution in [0.15, 0.2) is 28.7 Å². The van der Waals surface area contributed by atoms with Crippen molar-refractivity contribution in [3.05, 3.63) is 35.8 Å². The Morgan fingerprint density at radius 3 is 2.88 bits per heavy atom. The smallest absolute Gasteiger partial charge is 0.217 e. The zero-order valence-electron chi connectivity index (χ0n) is 9.08. The largest absolute Gasteiger partial charge is 0.456 e. The number of para-hydroxylation sites is 1. The Labute approximate surface area is 92.2 Å². The number of hydrogen-bond acceptors (Lipinski definition) is 2. The Kier molecular flexibility index (Phi) is 2.64. The Morgan fingerprint density at radius 2 is 2.25 bits per heavy atom. The summed E-state index contributed by atoms with van der Waals surface area (Å²) in [6.07, 6.45) is 0. The highest BCUT2D eigenvalue weighted by Gasteiger charge is 2.13. The van der Waals surface area contributed by atoms with E-state index in [0.717, 1.165) is 0 Å². The zero-order chi connectivity index (χ0) is 11.7. The van der Waals surface area contributed by atoms with Crippen molar-refractivity contribution >= 4 is 16.9 Å². The molecule has 1 aromatic carbocycles. The monoisotopic (exact) mass is 221 g/mol. The highest BCUT2D eigenvalue weighted by Crippen LogP contribution is 2.25. The molecule has 1 N–H and O–H groups in total. The predicted octanol–water partition coefficient (Wildman–Crippen LogP) is 2.77. The number of carbonyl (C=O) groups is 1. The van der Waals surface area contributed by atoms with Crippen molar-refractivity contribution in [1.29, 1.82) is 0 Å². The van der Waals surface area contributed by atoms with Crippen LogP contribution in [0.4, 0.5) is 4.39 Å². The van der Waals surface area contributed by atoms with Crippen LogP contribution in [0.25, 0.3) is 11.0 Å². The summed E-state index contributed by atoms with van der Waals surface area (Å²) in [5, 5.41) is 3.39. The fourth-order valence-electron chi connectivity index (χ4n) is 1.64. The van der Waals surface area contributed by atoms with Gasteiger partial charge in [-0.05, 0) is 19.1 Å². The first-order valence-electron chi connectivity index (χ1n) is 5.03. The number of fused-ring (bicyclic) bond motifs is 1. The predicted molar refractivity (Wildman–Crippen MR) is 58.4 cm³/mol. The van der Waals surface area contributed by atoms with Crippen LogP contribution in [-0.4, -0.2) is 5.91 Å². The third kappa shape index (κ3) is 1.91. The highest BCUT2D eigenvalue weighted by molar-refractivity contribution is 5.79. The van der Waals surface area contributed by atoms with Crippen LogP contribution < -0.4 is 5.32 Å². The second kappa shape index (κ2) is 3.96. The van der Waals surface area contributed by atoms with E-state index in [-0.39, 0.29) is 17.5 Å². The Hall–Kier alpha value is -1.84. The fourth-order valence-corrected chi connectivity index (χ4v) is 1.64. The highest BCUT2D eigenvalue weighted by atomic mass is 19.1. The summed E-state index contributed by atoms with van der Waals surface area (Å²) < 4.78 is 18.7. The van der Waals surface area contributed by atoms with E-state index in [9.17, 15) is 9.18 Å². The molecule has 0 spiro atoms. The summed E-state index contributed by atoms with van der Waals surface area (Å²) in [6.45, 7) is 3.22. The van der Waals surface area contributed by atoms with Gasteiger partial charge in [-0.1, -0.05) is 12.1 Å². The van der Waals surface area contributed by atoms with Gasteiger partial charge in [0.1, 0.15) is 5.76 Å². The second-order valence-electron chi connectivity index (χ2n) is 3.73. The summed E-state index contributed by atoms with van der Waals surface area (Å²) in [6, 6.07) is 6.22. The standard InChI is InChI=1S/C12H12FNO2/c1-7(14-8(2)15)11-6-9-4-3-5-10(13)12(9)16-11/h3-7H,1-2H3,(H,14,15)/t7-/m1/s1. The minimum Gasteiger partial charge on any atom is -0.456 e. The molecule has 0 radical (unpaired) electrons. The number of rotatable bonds is 2.